The molecular weight excluding hydrogens is 492 g/mol. The third-order valence-electron chi connectivity index (χ3n) is 6.36. The van der Waals surface area contributed by atoms with Crippen LogP contribution in [0.15, 0.2) is 61.7 Å². The van der Waals surface area contributed by atoms with Crippen molar-refractivity contribution in [2.75, 3.05) is 26.4 Å². The van der Waals surface area contributed by atoms with Crippen LogP contribution in [-0.2, 0) is 25.3 Å². The first kappa shape index (κ1) is 31.6. The van der Waals surface area contributed by atoms with E-state index in [0.29, 0.717) is 13.0 Å². The Labute approximate surface area is 233 Å². The average molecular weight is 537 g/mol. The van der Waals surface area contributed by atoms with Gasteiger partial charge in [-0.15, -0.1) is 0 Å². The molecule has 39 heavy (non-hydrogen) atoms. The molecule has 2 aromatic rings. The quantitative estimate of drug-likeness (QED) is 0.250. The van der Waals surface area contributed by atoms with Gasteiger partial charge in [-0.3, -0.25) is 0 Å². The van der Waals surface area contributed by atoms with Gasteiger partial charge in [0.05, 0.1) is 24.3 Å². The Kier molecular flexibility index (Phi) is 11.8. The van der Waals surface area contributed by atoms with Crippen LogP contribution in [0.4, 0.5) is 9.59 Å². The summed E-state index contributed by atoms with van der Waals surface area (Å²) in [4.78, 5) is 24.5. The first-order valence-electron chi connectivity index (χ1n) is 13.3. The average Bonchev–Trinajstić information content (AvgIpc) is 2.87. The van der Waals surface area contributed by atoms with Crippen molar-refractivity contribution in [3.63, 3.8) is 0 Å². The second kappa shape index (κ2) is 14.5. The summed E-state index contributed by atoms with van der Waals surface area (Å²) in [5.74, 6) is 0. The van der Waals surface area contributed by atoms with Crippen LogP contribution in [0.3, 0.4) is 0 Å². The van der Waals surface area contributed by atoms with E-state index in [-0.39, 0.29) is 19.8 Å². The molecule has 2 aromatic carbocycles. The maximum atomic E-state index is 12.3. The number of alkyl carbamates (subject to hydrolysis) is 2. The predicted octanol–water partition coefficient (Wildman–Crippen LogP) is 7.17. The molecule has 0 bridgehead atoms. The normalized spacial score (nSPS) is 11.4. The number of rotatable bonds is 14. The molecule has 2 amide bonds. The number of carbonyl (C=O) groups excluding carboxylic acids is 2. The molecule has 0 heterocycles. The fourth-order valence-corrected chi connectivity index (χ4v) is 3.84. The fraction of sp³-hybridized carbons (Fsp3) is 0.438. The highest BCUT2D eigenvalue weighted by molar-refractivity contribution is 5.70. The maximum absolute atomic E-state index is 12.3. The van der Waals surface area contributed by atoms with Gasteiger partial charge in [0.25, 0.3) is 0 Å². The Morgan fingerprint density at radius 2 is 1.13 bits per heavy atom. The first-order valence-corrected chi connectivity index (χ1v) is 13.3. The van der Waals surface area contributed by atoms with E-state index in [4.69, 9.17) is 14.2 Å². The minimum Gasteiger partial charge on any atom is -0.450 e. The Morgan fingerprint density at radius 3 is 1.59 bits per heavy atom. The van der Waals surface area contributed by atoms with Gasteiger partial charge < -0.3 is 24.8 Å². The third kappa shape index (κ3) is 10.6. The highest BCUT2D eigenvalue weighted by Gasteiger charge is 2.25. The van der Waals surface area contributed by atoms with Crippen molar-refractivity contribution in [3.05, 3.63) is 83.9 Å². The lowest BCUT2D eigenvalue weighted by Gasteiger charge is -2.27. The number of hydrogen-bond acceptors (Lipinski definition) is 5. The van der Waals surface area contributed by atoms with Crippen LogP contribution in [0.1, 0.15) is 76.6 Å². The molecule has 0 radical (unpaired) electrons. The van der Waals surface area contributed by atoms with Crippen LogP contribution < -0.4 is 10.6 Å². The van der Waals surface area contributed by atoms with Crippen molar-refractivity contribution in [1.82, 2.24) is 10.6 Å². The van der Waals surface area contributed by atoms with Crippen molar-refractivity contribution in [3.8, 4) is 0 Å². The Hall–Kier alpha value is -3.58. The van der Waals surface area contributed by atoms with Crippen LogP contribution in [-0.4, -0.2) is 38.6 Å². The number of nitrogens with one attached hydrogen (secondary N) is 2. The second-order valence-electron chi connectivity index (χ2n) is 10.8. The molecule has 0 aliphatic rings. The fourth-order valence-electron chi connectivity index (χ4n) is 3.84. The molecule has 0 unspecified atom stereocenters. The molecule has 0 saturated heterocycles. The van der Waals surface area contributed by atoms with Crippen LogP contribution in [0.5, 0.6) is 0 Å². The van der Waals surface area contributed by atoms with E-state index in [1.165, 1.54) is 0 Å². The van der Waals surface area contributed by atoms with E-state index < -0.39 is 23.3 Å². The van der Waals surface area contributed by atoms with Gasteiger partial charge in [0.1, 0.15) is 6.61 Å². The van der Waals surface area contributed by atoms with Gasteiger partial charge >= 0.3 is 12.2 Å². The molecule has 0 saturated carbocycles. The maximum Gasteiger partial charge on any atom is 0.407 e. The lowest BCUT2D eigenvalue weighted by atomic mass is 9.92. The monoisotopic (exact) mass is 536 g/mol. The van der Waals surface area contributed by atoms with E-state index in [1.54, 1.807) is 0 Å². The molecule has 2 N–H and O–H groups in total. The van der Waals surface area contributed by atoms with Crippen molar-refractivity contribution in [2.45, 2.75) is 65.5 Å². The zero-order valence-corrected chi connectivity index (χ0v) is 24.3. The number of allylic oxidation sites excluding steroid dienone is 2. The summed E-state index contributed by atoms with van der Waals surface area (Å²) < 4.78 is 16.1. The summed E-state index contributed by atoms with van der Waals surface area (Å²) in [6.45, 7) is 20.8. The number of benzene rings is 2. The van der Waals surface area contributed by atoms with Crippen LogP contribution in [0.25, 0.3) is 11.1 Å². The van der Waals surface area contributed by atoms with Gasteiger partial charge in [0.2, 0.25) is 0 Å². The molecule has 0 aliphatic carbocycles. The number of ether oxygens (including phenoxy) is 3. The second-order valence-corrected chi connectivity index (χ2v) is 10.8. The van der Waals surface area contributed by atoms with Crippen molar-refractivity contribution < 1.29 is 23.8 Å². The summed E-state index contributed by atoms with van der Waals surface area (Å²) in [5.41, 5.74) is 4.77. The molecule has 0 atom stereocenters. The third-order valence-corrected chi connectivity index (χ3v) is 6.36. The summed E-state index contributed by atoms with van der Waals surface area (Å²) in [5, 5.41) is 5.82. The molecule has 212 valence electrons. The Bertz CT molecular complexity index is 1060. The molecule has 2 rings (SSSR count). The summed E-state index contributed by atoms with van der Waals surface area (Å²) in [6.07, 6.45) is 0.418. The number of hydrogen-bond donors (Lipinski definition) is 2. The number of unbranched alkanes of at least 4 members (excludes halogenated alkanes) is 1. The topological polar surface area (TPSA) is 85.9 Å². The summed E-state index contributed by atoms with van der Waals surface area (Å²) in [7, 11) is 0. The minimum atomic E-state index is -0.598. The molecular formula is C32H44N2O5. The lowest BCUT2D eigenvalue weighted by Crippen LogP contribution is -2.41. The first-order chi connectivity index (χ1) is 18.3. The van der Waals surface area contributed by atoms with E-state index in [9.17, 15) is 9.59 Å². The highest BCUT2D eigenvalue weighted by atomic mass is 16.6. The van der Waals surface area contributed by atoms with Gasteiger partial charge in [-0.25, -0.2) is 9.59 Å². The molecule has 7 nitrogen and oxygen atoms in total. The van der Waals surface area contributed by atoms with Crippen LogP contribution in [0, 0.1) is 0 Å². The highest BCUT2D eigenvalue weighted by Crippen LogP contribution is 2.25. The van der Waals surface area contributed by atoms with Crippen molar-refractivity contribution >= 4 is 23.3 Å². The van der Waals surface area contributed by atoms with Gasteiger partial charge in [-0.05, 0) is 88.8 Å². The minimum absolute atomic E-state index is 0.147. The summed E-state index contributed by atoms with van der Waals surface area (Å²) in [6, 6.07) is 15.9. The van der Waals surface area contributed by atoms with Crippen molar-refractivity contribution in [2.24, 2.45) is 0 Å². The lowest BCUT2D eigenvalue weighted by molar-refractivity contribution is 0.0653. The standard InChI is InChI=1S/C32H44N2O5/c1-23(2)25-13-11-15-27(21-25)31(5,6)33-29(35)38-18-10-9-17-37-19-20-39-30(36)34-32(7,8)28-16-12-14-26(22-28)24(3)4/h11-16,21-22H,1,3,9-10,17-20H2,2,4-8H3,(H,33,35)(H,34,36). The van der Waals surface area contributed by atoms with Crippen molar-refractivity contribution in [1.29, 1.82) is 0 Å². The molecule has 0 aromatic heterocycles. The van der Waals surface area contributed by atoms with Crippen LogP contribution in [0.2, 0.25) is 0 Å². The van der Waals surface area contributed by atoms with E-state index in [0.717, 1.165) is 39.8 Å². The SMILES string of the molecule is C=C(C)c1cccc(C(C)(C)NC(=O)OCCCCOCCOC(=O)NC(C)(C)c2cccc(C(=C)C)c2)c1. The molecule has 7 heteroatoms. The zero-order valence-electron chi connectivity index (χ0n) is 24.3. The largest absolute Gasteiger partial charge is 0.450 e. The van der Waals surface area contributed by atoms with Gasteiger partial charge in [0.15, 0.2) is 0 Å². The van der Waals surface area contributed by atoms with Gasteiger partial charge in [-0.2, -0.15) is 0 Å². The zero-order chi connectivity index (χ0) is 29.1. The molecule has 0 spiro atoms. The number of amides is 2. The van der Waals surface area contributed by atoms with E-state index in [2.05, 4.69) is 23.8 Å². The molecule has 0 fully saturated rings. The summed E-state index contributed by atoms with van der Waals surface area (Å²) >= 11 is 0. The molecule has 0 aliphatic heterocycles. The van der Waals surface area contributed by atoms with E-state index in [1.807, 2.05) is 90.1 Å². The smallest absolute Gasteiger partial charge is 0.407 e. The van der Waals surface area contributed by atoms with Gasteiger partial charge in [-0.1, -0.05) is 60.7 Å². The predicted molar refractivity (Wildman–Crippen MR) is 157 cm³/mol. The van der Waals surface area contributed by atoms with Crippen LogP contribution >= 0.6 is 0 Å². The Balaban J connectivity index is 1.59. The van der Waals surface area contributed by atoms with Gasteiger partial charge in [0, 0.05) is 6.61 Å². The van der Waals surface area contributed by atoms with E-state index >= 15 is 0 Å². The Morgan fingerprint density at radius 1 is 0.692 bits per heavy atom. The number of carbonyl (C=O) groups is 2.